The Morgan fingerprint density at radius 3 is 2.59 bits per heavy atom. The summed E-state index contributed by atoms with van der Waals surface area (Å²) in [6.45, 7) is 4.44. The predicted molar refractivity (Wildman–Crippen MR) is 153 cm³/mol. The zero-order valence-electron chi connectivity index (χ0n) is 22.0. The summed E-state index contributed by atoms with van der Waals surface area (Å²) >= 11 is 0. The van der Waals surface area contributed by atoms with Crippen LogP contribution in [0.2, 0.25) is 0 Å². The third kappa shape index (κ3) is 6.63. The van der Waals surface area contributed by atoms with E-state index in [1.54, 1.807) is 24.0 Å². The number of para-hydroxylation sites is 1. The molecule has 39 heavy (non-hydrogen) atoms. The van der Waals surface area contributed by atoms with Gasteiger partial charge in [-0.1, -0.05) is 31.2 Å². The fourth-order valence-corrected chi connectivity index (χ4v) is 6.51. The molecular weight excluding hydrogens is 538 g/mol. The molecule has 210 valence electrons. The second kappa shape index (κ2) is 12.5. The van der Waals surface area contributed by atoms with Gasteiger partial charge in [-0.05, 0) is 73.1 Å². The Hall–Kier alpha value is -2.92. The summed E-state index contributed by atoms with van der Waals surface area (Å²) < 4.78 is 27.6. The zero-order chi connectivity index (χ0) is 26.7. The van der Waals surface area contributed by atoms with Gasteiger partial charge in [0.15, 0.2) is 0 Å². The topological polar surface area (TPSA) is 123 Å². The number of piperidine rings is 1. The minimum atomic E-state index is -3.60. The fourth-order valence-electron chi connectivity index (χ4n) is 5.42. The first kappa shape index (κ1) is 29.1. The smallest absolute Gasteiger partial charge is 0.245 e. The molecule has 0 bridgehead atoms. The van der Waals surface area contributed by atoms with Crippen molar-refractivity contribution in [2.75, 3.05) is 26.2 Å². The average molecular weight is 574 g/mol. The van der Waals surface area contributed by atoms with Gasteiger partial charge in [-0.2, -0.15) is 0 Å². The van der Waals surface area contributed by atoms with Gasteiger partial charge in [-0.25, -0.2) is 13.1 Å². The summed E-state index contributed by atoms with van der Waals surface area (Å²) in [5, 5.41) is 7.40. The van der Waals surface area contributed by atoms with Crippen LogP contribution in [0, 0.1) is 5.92 Å². The number of sulfonamides is 1. The molecule has 2 amide bonds. The third-order valence-corrected chi connectivity index (χ3v) is 9.02. The van der Waals surface area contributed by atoms with Gasteiger partial charge in [0.1, 0.15) is 6.04 Å². The number of hydrogen-bond donors (Lipinski definition) is 4. The van der Waals surface area contributed by atoms with Crippen LogP contribution in [0.1, 0.15) is 36.6 Å². The number of aromatic amines is 1. The molecule has 3 heterocycles. The number of fused-ring (bicyclic) bond motifs is 2. The second-order valence-corrected chi connectivity index (χ2v) is 11.9. The molecule has 9 nitrogen and oxygen atoms in total. The van der Waals surface area contributed by atoms with Crippen molar-refractivity contribution >= 4 is 45.1 Å². The molecule has 0 radical (unpaired) electrons. The van der Waals surface area contributed by atoms with E-state index in [-0.39, 0.29) is 35.0 Å². The van der Waals surface area contributed by atoms with Crippen LogP contribution in [-0.2, 0) is 39.0 Å². The molecule has 0 unspecified atom stereocenters. The number of benzene rings is 2. The van der Waals surface area contributed by atoms with Crippen molar-refractivity contribution in [3.63, 3.8) is 0 Å². The summed E-state index contributed by atoms with van der Waals surface area (Å²) in [4.78, 5) is 32.4. The van der Waals surface area contributed by atoms with E-state index in [0.29, 0.717) is 32.5 Å². The van der Waals surface area contributed by atoms with E-state index < -0.39 is 16.1 Å². The molecule has 2 aliphatic heterocycles. The van der Waals surface area contributed by atoms with Gasteiger partial charge in [-0.15, -0.1) is 12.4 Å². The van der Waals surface area contributed by atoms with Crippen LogP contribution < -0.4 is 15.4 Å². The van der Waals surface area contributed by atoms with Gasteiger partial charge in [0.25, 0.3) is 0 Å². The molecule has 11 heteroatoms. The van der Waals surface area contributed by atoms with Crippen LogP contribution in [0.3, 0.4) is 0 Å². The van der Waals surface area contributed by atoms with Crippen LogP contribution in [0.4, 0.5) is 0 Å². The fraction of sp³-hybridized carbons (Fsp3) is 0.429. The van der Waals surface area contributed by atoms with E-state index in [1.807, 2.05) is 36.4 Å². The van der Waals surface area contributed by atoms with Gasteiger partial charge in [0.2, 0.25) is 21.8 Å². The molecule has 3 aromatic rings. The van der Waals surface area contributed by atoms with E-state index in [0.717, 1.165) is 53.7 Å². The summed E-state index contributed by atoms with van der Waals surface area (Å²) in [7, 11) is -3.60. The Labute approximate surface area is 235 Å². The molecule has 1 fully saturated rings. The van der Waals surface area contributed by atoms with Crippen LogP contribution in [0.15, 0.2) is 53.4 Å². The number of nitrogens with zero attached hydrogens (tertiary/aromatic N) is 1. The Bertz CT molecular complexity index is 1400. The van der Waals surface area contributed by atoms with Gasteiger partial charge in [0.05, 0.1) is 4.90 Å². The maximum Gasteiger partial charge on any atom is 0.245 e. The number of rotatable bonds is 8. The summed E-state index contributed by atoms with van der Waals surface area (Å²) in [5.41, 5.74) is 3.72. The Morgan fingerprint density at radius 2 is 1.85 bits per heavy atom. The lowest BCUT2D eigenvalue weighted by Gasteiger charge is -2.33. The van der Waals surface area contributed by atoms with E-state index in [2.05, 4.69) is 20.3 Å². The number of amides is 2. The van der Waals surface area contributed by atoms with Gasteiger partial charge in [-0.3, -0.25) is 9.59 Å². The zero-order valence-corrected chi connectivity index (χ0v) is 23.7. The SMILES string of the molecule is CCNS(=O)(=O)c1ccc2c(c1)CN(C(=O)[C@@H](Cc1cc3ccccc3[nH]1)NC(=O)C1CCNCC1)CC2.Cl. The van der Waals surface area contributed by atoms with Crippen LogP contribution >= 0.6 is 12.4 Å². The standard InChI is InChI=1S/C28H35N5O4S.ClH/c1-2-30-38(36,37)24-8-7-19-11-14-33(18-22(19)16-24)28(35)26(32-27(34)20-9-12-29-13-10-20)17-23-15-21-5-3-4-6-25(21)31-23;/h3-8,15-16,20,26,29-31H,2,9-14,17-18H2,1H3,(H,32,34);1H/t26-;/m1./s1. The van der Waals surface area contributed by atoms with Crippen molar-refractivity contribution in [2.24, 2.45) is 5.92 Å². The van der Waals surface area contributed by atoms with Crippen molar-refractivity contribution in [3.8, 4) is 0 Å². The minimum Gasteiger partial charge on any atom is -0.358 e. The molecule has 2 aliphatic rings. The number of halogens is 1. The number of nitrogens with one attached hydrogen (secondary N) is 4. The molecule has 0 aliphatic carbocycles. The van der Waals surface area contributed by atoms with E-state index in [9.17, 15) is 18.0 Å². The van der Waals surface area contributed by atoms with Crippen LogP contribution in [0.25, 0.3) is 10.9 Å². The van der Waals surface area contributed by atoms with Gasteiger partial charge < -0.3 is 20.5 Å². The normalized spacial score (nSPS) is 16.8. The van der Waals surface area contributed by atoms with Crippen molar-refractivity contribution in [2.45, 2.75) is 50.1 Å². The molecule has 1 aromatic heterocycles. The Balaban J connectivity index is 0.00000353. The Morgan fingerprint density at radius 1 is 1.08 bits per heavy atom. The Kier molecular flexibility index (Phi) is 9.32. The first-order valence-corrected chi connectivity index (χ1v) is 14.8. The molecular formula is C28H36ClN5O4S. The van der Waals surface area contributed by atoms with Gasteiger partial charge >= 0.3 is 0 Å². The molecule has 1 saturated heterocycles. The molecule has 0 saturated carbocycles. The monoisotopic (exact) mass is 573 g/mol. The first-order valence-electron chi connectivity index (χ1n) is 13.3. The van der Waals surface area contributed by atoms with Crippen molar-refractivity contribution in [1.29, 1.82) is 0 Å². The highest BCUT2D eigenvalue weighted by Crippen LogP contribution is 2.24. The maximum atomic E-state index is 13.9. The highest BCUT2D eigenvalue weighted by atomic mass is 35.5. The average Bonchev–Trinajstić information content (AvgIpc) is 3.34. The summed E-state index contributed by atoms with van der Waals surface area (Å²) in [5.74, 6) is -0.357. The molecule has 5 rings (SSSR count). The summed E-state index contributed by atoms with van der Waals surface area (Å²) in [6.07, 6.45) is 2.48. The lowest BCUT2D eigenvalue weighted by Crippen LogP contribution is -2.52. The molecule has 4 N–H and O–H groups in total. The number of H-pyrrole nitrogens is 1. The largest absolute Gasteiger partial charge is 0.358 e. The van der Waals surface area contributed by atoms with E-state index >= 15 is 0 Å². The first-order chi connectivity index (χ1) is 18.3. The highest BCUT2D eigenvalue weighted by Gasteiger charge is 2.32. The second-order valence-electron chi connectivity index (χ2n) is 10.1. The number of hydrogen-bond acceptors (Lipinski definition) is 5. The number of carbonyl (C=O) groups is 2. The highest BCUT2D eigenvalue weighted by molar-refractivity contribution is 7.89. The van der Waals surface area contributed by atoms with Gasteiger partial charge in [0, 0.05) is 43.2 Å². The predicted octanol–water partition coefficient (Wildman–Crippen LogP) is 2.50. The third-order valence-electron chi connectivity index (χ3n) is 7.48. The van der Waals surface area contributed by atoms with Crippen molar-refractivity contribution < 1.29 is 18.0 Å². The number of carbonyl (C=O) groups excluding carboxylic acids is 2. The number of aromatic nitrogens is 1. The molecule has 2 aromatic carbocycles. The quantitative estimate of drug-likeness (QED) is 0.330. The van der Waals surface area contributed by atoms with Crippen molar-refractivity contribution in [1.82, 2.24) is 25.2 Å². The van der Waals surface area contributed by atoms with Crippen molar-refractivity contribution in [3.05, 3.63) is 65.4 Å². The van der Waals surface area contributed by atoms with E-state index in [4.69, 9.17) is 0 Å². The molecule has 1 atom stereocenters. The minimum absolute atomic E-state index is 0. The summed E-state index contributed by atoms with van der Waals surface area (Å²) in [6, 6.07) is 14.3. The molecule has 0 spiro atoms. The maximum absolute atomic E-state index is 13.9. The van der Waals surface area contributed by atoms with Crippen LogP contribution in [0.5, 0.6) is 0 Å². The van der Waals surface area contributed by atoms with Crippen LogP contribution in [-0.4, -0.2) is 62.3 Å². The lowest BCUT2D eigenvalue weighted by atomic mass is 9.96. The lowest BCUT2D eigenvalue weighted by molar-refractivity contribution is -0.138. The van der Waals surface area contributed by atoms with E-state index in [1.165, 1.54) is 0 Å².